The standard InChI is InChI=1S/C20H16ClN7O4/c21-15-6-2-1-5-14(15)11-27-12-22-20(25-27)23-19(29)16-9-10-26(24-16)13-32-18-8-4-3-7-17(18)28(30)31/h1-10,12H,11,13H2,(H,23,25,29). The van der Waals surface area contributed by atoms with Gasteiger partial charge in [0, 0.05) is 17.3 Å². The van der Waals surface area contributed by atoms with Crippen LogP contribution in [0.4, 0.5) is 11.6 Å². The van der Waals surface area contributed by atoms with Crippen LogP contribution in [-0.2, 0) is 13.3 Å². The predicted molar refractivity (Wildman–Crippen MR) is 114 cm³/mol. The Morgan fingerprint density at radius 3 is 2.69 bits per heavy atom. The first kappa shape index (κ1) is 21.0. The number of nitrogens with one attached hydrogen (secondary N) is 1. The van der Waals surface area contributed by atoms with Crippen molar-refractivity contribution in [2.45, 2.75) is 13.3 Å². The third-order valence-corrected chi connectivity index (χ3v) is 4.71. The number of anilines is 1. The molecular weight excluding hydrogens is 438 g/mol. The van der Waals surface area contributed by atoms with E-state index in [-0.39, 0.29) is 29.8 Å². The Morgan fingerprint density at radius 2 is 1.88 bits per heavy atom. The summed E-state index contributed by atoms with van der Waals surface area (Å²) in [6.45, 7) is 0.295. The average molecular weight is 454 g/mol. The van der Waals surface area contributed by atoms with Gasteiger partial charge in [0.15, 0.2) is 18.2 Å². The van der Waals surface area contributed by atoms with Crippen LogP contribution in [0.5, 0.6) is 5.75 Å². The summed E-state index contributed by atoms with van der Waals surface area (Å²) in [6.07, 6.45) is 3.01. The number of halogens is 1. The molecule has 0 radical (unpaired) electrons. The van der Waals surface area contributed by atoms with Crippen LogP contribution < -0.4 is 10.1 Å². The number of para-hydroxylation sites is 2. The van der Waals surface area contributed by atoms with Gasteiger partial charge in [0.1, 0.15) is 6.33 Å². The number of ether oxygens (including phenoxy) is 1. The van der Waals surface area contributed by atoms with Crippen LogP contribution in [0.15, 0.2) is 67.1 Å². The smallest absolute Gasteiger partial charge is 0.311 e. The molecule has 2 aromatic carbocycles. The maximum Gasteiger partial charge on any atom is 0.311 e. The summed E-state index contributed by atoms with van der Waals surface area (Å²) < 4.78 is 8.35. The molecule has 0 unspecified atom stereocenters. The van der Waals surface area contributed by atoms with Gasteiger partial charge in [0.25, 0.3) is 5.91 Å². The molecular formula is C20H16ClN7O4. The monoisotopic (exact) mass is 453 g/mol. The van der Waals surface area contributed by atoms with E-state index in [1.54, 1.807) is 22.9 Å². The summed E-state index contributed by atoms with van der Waals surface area (Å²) in [5.41, 5.74) is 0.823. The fraction of sp³-hybridized carbons (Fsp3) is 0.100. The highest BCUT2D eigenvalue weighted by atomic mass is 35.5. The summed E-state index contributed by atoms with van der Waals surface area (Å²) in [7, 11) is 0. The minimum absolute atomic E-state index is 0.104. The van der Waals surface area contributed by atoms with Crippen molar-refractivity contribution < 1.29 is 14.5 Å². The summed E-state index contributed by atoms with van der Waals surface area (Å²) in [5.74, 6) is -0.287. The molecule has 11 nitrogen and oxygen atoms in total. The number of hydrogen-bond donors (Lipinski definition) is 1. The molecule has 0 fully saturated rings. The topological polar surface area (TPSA) is 130 Å². The Hall–Kier alpha value is -4.25. The van der Waals surface area contributed by atoms with Crippen LogP contribution in [0.2, 0.25) is 5.02 Å². The molecule has 12 heteroatoms. The number of carbonyl (C=O) groups excluding carboxylic acids is 1. The van der Waals surface area contributed by atoms with Gasteiger partial charge in [-0.3, -0.25) is 20.2 Å². The molecule has 1 amide bonds. The molecule has 0 saturated carbocycles. The minimum Gasteiger partial charge on any atom is -0.464 e. The molecule has 0 saturated heterocycles. The predicted octanol–water partition coefficient (Wildman–Crippen LogP) is 3.37. The van der Waals surface area contributed by atoms with Gasteiger partial charge < -0.3 is 4.74 Å². The van der Waals surface area contributed by atoms with Crippen LogP contribution in [-0.4, -0.2) is 35.4 Å². The molecule has 162 valence electrons. The molecule has 0 aliphatic heterocycles. The van der Waals surface area contributed by atoms with Crippen molar-refractivity contribution in [2.75, 3.05) is 5.32 Å². The number of carbonyl (C=O) groups is 1. The fourth-order valence-electron chi connectivity index (χ4n) is 2.82. The quantitative estimate of drug-likeness (QED) is 0.319. The molecule has 2 heterocycles. The number of aromatic nitrogens is 5. The molecule has 0 aliphatic carbocycles. The largest absolute Gasteiger partial charge is 0.464 e. The molecule has 32 heavy (non-hydrogen) atoms. The van der Waals surface area contributed by atoms with Crippen LogP contribution in [0.1, 0.15) is 16.1 Å². The first-order valence-corrected chi connectivity index (χ1v) is 9.71. The summed E-state index contributed by atoms with van der Waals surface area (Å²) in [6, 6.07) is 14.9. The van der Waals surface area contributed by atoms with E-state index in [1.165, 1.54) is 35.4 Å². The van der Waals surface area contributed by atoms with E-state index in [1.807, 2.05) is 18.2 Å². The van der Waals surface area contributed by atoms with Crippen LogP contribution in [0.3, 0.4) is 0 Å². The molecule has 0 aliphatic rings. The zero-order valence-electron chi connectivity index (χ0n) is 16.5. The lowest BCUT2D eigenvalue weighted by molar-refractivity contribution is -0.386. The van der Waals surface area contributed by atoms with Gasteiger partial charge in [-0.2, -0.15) is 5.10 Å². The fourth-order valence-corrected chi connectivity index (χ4v) is 3.01. The Labute approximate surface area is 186 Å². The highest BCUT2D eigenvalue weighted by Gasteiger charge is 2.15. The number of hydrogen-bond acceptors (Lipinski definition) is 7. The third kappa shape index (κ3) is 4.90. The van der Waals surface area contributed by atoms with Crippen molar-refractivity contribution in [2.24, 2.45) is 0 Å². The van der Waals surface area contributed by atoms with Gasteiger partial charge in [0.2, 0.25) is 5.95 Å². The van der Waals surface area contributed by atoms with E-state index < -0.39 is 10.8 Å². The molecule has 2 aromatic heterocycles. The lowest BCUT2D eigenvalue weighted by Crippen LogP contribution is -2.15. The maximum atomic E-state index is 12.4. The van der Waals surface area contributed by atoms with Crippen LogP contribution in [0.25, 0.3) is 0 Å². The number of rotatable bonds is 8. The number of nitro groups is 1. The van der Waals surface area contributed by atoms with Gasteiger partial charge in [-0.1, -0.05) is 41.9 Å². The molecule has 0 bridgehead atoms. The highest BCUT2D eigenvalue weighted by molar-refractivity contribution is 6.31. The SMILES string of the molecule is O=C(Nc1ncn(Cc2ccccc2Cl)n1)c1ccn(COc2ccccc2[N+](=O)[O-])n1. The van der Waals surface area contributed by atoms with Crippen molar-refractivity contribution in [1.82, 2.24) is 24.5 Å². The summed E-state index contributed by atoms with van der Waals surface area (Å²) in [4.78, 5) is 27.0. The van der Waals surface area contributed by atoms with E-state index in [2.05, 4.69) is 20.5 Å². The van der Waals surface area contributed by atoms with Crippen molar-refractivity contribution in [1.29, 1.82) is 0 Å². The second-order valence-electron chi connectivity index (χ2n) is 6.55. The third-order valence-electron chi connectivity index (χ3n) is 4.34. The summed E-state index contributed by atoms with van der Waals surface area (Å²) >= 11 is 6.15. The second kappa shape index (κ2) is 9.27. The Kier molecular flexibility index (Phi) is 6.08. The first-order chi connectivity index (χ1) is 15.5. The van der Waals surface area contributed by atoms with E-state index in [0.717, 1.165) is 5.56 Å². The van der Waals surface area contributed by atoms with Crippen molar-refractivity contribution in [3.05, 3.63) is 93.5 Å². The molecule has 4 rings (SSSR count). The van der Waals surface area contributed by atoms with Crippen molar-refractivity contribution >= 4 is 29.1 Å². The van der Waals surface area contributed by atoms with E-state index in [4.69, 9.17) is 16.3 Å². The summed E-state index contributed by atoms with van der Waals surface area (Å²) in [5, 5.41) is 22.6. The van der Waals surface area contributed by atoms with Crippen molar-refractivity contribution in [3.63, 3.8) is 0 Å². The molecule has 1 N–H and O–H groups in total. The number of nitrogens with zero attached hydrogens (tertiary/aromatic N) is 6. The number of benzene rings is 2. The van der Waals surface area contributed by atoms with Crippen LogP contribution >= 0.6 is 11.6 Å². The number of nitro benzene ring substituents is 1. The van der Waals surface area contributed by atoms with Gasteiger partial charge in [-0.25, -0.2) is 14.3 Å². The number of amides is 1. The van der Waals surface area contributed by atoms with E-state index in [9.17, 15) is 14.9 Å². The van der Waals surface area contributed by atoms with Gasteiger partial charge in [0.05, 0.1) is 11.5 Å². The lowest BCUT2D eigenvalue weighted by Gasteiger charge is -2.06. The first-order valence-electron chi connectivity index (χ1n) is 9.33. The van der Waals surface area contributed by atoms with E-state index >= 15 is 0 Å². The Bertz CT molecular complexity index is 1270. The highest BCUT2D eigenvalue weighted by Crippen LogP contribution is 2.26. The van der Waals surface area contributed by atoms with Gasteiger partial charge >= 0.3 is 5.69 Å². The zero-order valence-corrected chi connectivity index (χ0v) is 17.2. The van der Waals surface area contributed by atoms with Gasteiger partial charge in [-0.05, 0) is 23.8 Å². The zero-order chi connectivity index (χ0) is 22.5. The molecule has 0 atom stereocenters. The Morgan fingerprint density at radius 1 is 1.09 bits per heavy atom. The van der Waals surface area contributed by atoms with E-state index in [0.29, 0.717) is 11.6 Å². The second-order valence-corrected chi connectivity index (χ2v) is 6.96. The Balaban J connectivity index is 1.36. The van der Waals surface area contributed by atoms with Crippen LogP contribution in [0, 0.1) is 10.1 Å². The normalized spacial score (nSPS) is 10.7. The van der Waals surface area contributed by atoms with Gasteiger partial charge in [-0.15, -0.1) is 5.10 Å². The lowest BCUT2D eigenvalue weighted by atomic mass is 10.2. The minimum atomic E-state index is -0.533. The van der Waals surface area contributed by atoms with Crippen molar-refractivity contribution in [3.8, 4) is 5.75 Å². The molecule has 0 spiro atoms. The molecule has 4 aromatic rings. The maximum absolute atomic E-state index is 12.4. The average Bonchev–Trinajstić information content (AvgIpc) is 3.44.